The third-order valence-corrected chi connectivity index (χ3v) is 4.64. The number of carbonyl (C=O) groups is 1. The standard InChI is InChI=1S/C24H22N4O/c1-27(24(29)25-21-13-7-3-8-14-21)17-20-18-28(22-15-9-4-10-16-22)26-23(20)19-11-5-2-6-12-19/h2-16,18H,17H2,1H3,(H,25,29). The number of para-hydroxylation sites is 2. The van der Waals surface area contributed by atoms with E-state index in [0.717, 1.165) is 28.2 Å². The lowest BCUT2D eigenvalue weighted by Crippen LogP contribution is -2.30. The van der Waals surface area contributed by atoms with Crippen LogP contribution in [-0.4, -0.2) is 27.8 Å². The number of urea groups is 1. The molecule has 4 rings (SSSR count). The second-order valence-electron chi connectivity index (χ2n) is 6.80. The molecule has 0 fully saturated rings. The molecule has 1 aromatic heterocycles. The molecule has 0 radical (unpaired) electrons. The predicted octanol–water partition coefficient (Wildman–Crippen LogP) is 5.20. The van der Waals surface area contributed by atoms with Crippen molar-refractivity contribution in [3.05, 3.63) is 103 Å². The first-order valence-electron chi connectivity index (χ1n) is 9.47. The lowest BCUT2D eigenvalue weighted by Gasteiger charge is -2.18. The third-order valence-electron chi connectivity index (χ3n) is 4.64. The summed E-state index contributed by atoms with van der Waals surface area (Å²) in [6, 6.07) is 29.3. The summed E-state index contributed by atoms with van der Waals surface area (Å²) in [6.45, 7) is 0.440. The largest absolute Gasteiger partial charge is 0.323 e. The Morgan fingerprint density at radius 3 is 2.14 bits per heavy atom. The van der Waals surface area contributed by atoms with E-state index in [-0.39, 0.29) is 6.03 Å². The molecule has 5 nitrogen and oxygen atoms in total. The first-order valence-corrected chi connectivity index (χ1v) is 9.47. The molecule has 0 bridgehead atoms. The van der Waals surface area contributed by atoms with E-state index < -0.39 is 0 Å². The second kappa shape index (κ2) is 8.44. The zero-order chi connectivity index (χ0) is 20.1. The maximum Gasteiger partial charge on any atom is 0.321 e. The number of rotatable bonds is 5. The highest BCUT2D eigenvalue weighted by atomic mass is 16.2. The van der Waals surface area contributed by atoms with Crippen molar-refractivity contribution in [2.75, 3.05) is 12.4 Å². The maximum absolute atomic E-state index is 12.6. The van der Waals surface area contributed by atoms with Crippen LogP contribution in [0.4, 0.5) is 10.5 Å². The van der Waals surface area contributed by atoms with Gasteiger partial charge < -0.3 is 10.2 Å². The summed E-state index contributed by atoms with van der Waals surface area (Å²) < 4.78 is 1.86. The van der Waals surface area contributed by atoms with Gasteiger partial charge in [0.15, 0.2) is 0 Å². The van der Waals surface area contributed by atoms with Crippen LogP contribution in [0.1, 0.15) is 5.56 Å². The summed E-state index contributed by atoms with van der Waals surface area (Å²) in [7, 11) is 1.78. The molecule has 29 heavy (non-hydrogen) atoms. The summed E-state index contributed by atoms with van der Waals surface area (Å²) in [5.74, 6) is 0. The van der Waals surface area contributed by atoms with E-state index >= 15 is 0 Å². The van der Waals surface area contributed by atoms with Crippen molar-refractivity contribution in [2.45, 2.75) is 6.54 Å². The lowest BCUT2D eigenvalue weighted by molar-refractivity contribution is 0.221. The van der Waals surface area contributed by atoms with Gasteiger partial charge in [-0.25, -0.2) is 9.48 Å². The van der Waals surface area contributed by atoms with Gasteiger partial charge in [0.1, 0.15) is 0 Å². The summed E-state index contributed by atoms with van der Waals surface area (Å²) in [5.41, 5.74) is 4.62. The average Bonchev–Trinajstić information content (AvgIpc) is 3.19. The summed E-state index contributed by atoms with van der Waals surface area (Å²) in [5, 5.41) is 7.72. The van der Waals surface area contributed by atoms with Crippen LogP contribution in [0.15, 0.2) is 97.2 Å². The summed E-state index contributed by atoms with van der Waals surface area (Å²) >= 11 is 0. The SMILES string of the molecule is CN(Cc1cn(-c2ccccc2)nc1-c1ccccc1)C(=O)Nc1ccccc1. The molecule has 0 atom stereocenters. The van der Waals surface area contributed by atoms with Crippen LogP contribution in [0.25, 0.3) is 16.9 Å². The van der Waals surface area contributed by atoms with E-state index in [1.165, 1.54) is 0 Å². The van der Waals surface area contributed by atoms with Crippen molar-refractivity contribution in [1.29, 1.82) is 0 Å². The van der Waals surface area contributed by atoms with Crippen molar-refractivity contribution < 1.29 is 4.79 Å². The van der Waals surface area contributed by atoms with Gasteiger partial charge in [-0.05, 0) is 24.3 Å². The zero-order valence-corrected chi connectivity index (χ0v) is 16.2. The highest BCUT2D eigenvalue weighted by molar-refractivity contribution is 5.89. The van der Waals surface area contributed by atoms with Crippen LogP contribution < -0.4 is 5.32 Å². The Labute approximate surface area is 170 Å². The molecule has 0 saturated carbocycles. The van der Waals surface area contributed by atoms with Gasteiger partial charge >= 0.3 is 6.03 Å². The van der Waals surface area contributed by atoms with Crippen LogP contribution in [0.5, 0.6) is 0 Å². The number of anilines is 1. The Balaban J connectivity index is 1.61. The predicted molar refractivity (Wildman–Crippen MR) is 116 cm³/mol. The molecular weight excluding hydrogens is 360 g/mol. The first-order chi connectivity index (χ1) is 14.2. The Morgan fingerprint density at radius 1 is 0.897 bits per heavy atom. The van der Waals surface area contributed by atoms with Crippen LogP contribution in [0.3, 0.4) is 0 Å². The number of nitrogens with zero attached hydrogens (tertiary/aromatic N) is 3. The normalized spacial score (nSPS) is 10.5. The summed E-state index contributed by atoms with van der Waals surface area (Å²) in [6.07, 6.45) is 1.99. The van der Waals surface area contributed by atoms with E-state index in [9.17, 15) is 4.79 Å². The smallest absolute Gasteiger partial charge is 0.321 e. The number of benzene rings is 3. The quantitative estimate of drug-likeness (QED) is 0.515. The highest BCUT2D eigenvalue weighted by Crippen LogP contribution is 2.25. The minimum absolute atomic E-state index is 0.164. The molecule has 0 unspecified atom stereocenters. The molecule has 3 aromatic carbocycles. The van der Waals surface area contributed by atoms with Crippen molar-refractivity contribution >= 4 is 11.7 Å². The zero-order valence-electron chi connectivity index (χ0n) is 16.2. The molecule has 1 N–H and O–H groups in total. The molecule has 0 aliphatic carbocycles. The van der Waals surface area contributed by atoms with Gasteiger partial charge in [0, 0.05) is 30.1 Å². The van der Waals surface area contributed by atoms with E-state index in [1.807, 2.05) is 102 Å². The van der Waals surface area contributed by atoms with E-state index in [1.54, 1.807) is 11.9 Å². The van der Waals surface area contributed by atoms with Crippen LogP contribution in [0.2, 0.25) is 0 Å². The fourth-order valence-electron chi connectivity index (χ4n) is 3.15. The summed E-state index contributed by atoms with van der Waals surface area (Å²) in [4.78, 5) is 14.3. The van der Waals surface area contributed by atoms with Crippen molar-refractivity contribution in [1.82, 2.24) is 14.7 Å². The fraction of sp³-hybridized carbons (Fsp3) is 0.0833. The molecule has 2 amide bonds. The Kier molecular flexibility index (Phi) is 5.38. The third kappa shape index (κ3) is 4.35. The van der Waals surface area contributed by atoms with Gasteiger partial charge in [-0.15, -0.1) is 0 Å². The minimum Gasteiger partial charge on any atom is -0.323 e. The minimum atomic E-state index is -0.164. The number of amides is 2. The molecule has 0 aliphatic heterocycles. The van der Waals surface area contributed by atoms with E-state index in [2.05, 4.69) is 5.32 Å². The number of nitrogens with one attached hydrogen (secondary N) is 1. The number of hydrogen-bond acceptors (Lipinski definition) is 2. The van der Waals surface area contributed by atoms with E-state index in [4.69, 9.17) is 5.10 Å². The van der Waals surface area contributed by atoms with Crippen LogP contribution in [0, 0.1) is 0 Å². The van der Waals surface area contributed by atoms with Crippen molar-refractivity contribution in [3.8, 4) is 16.9 Å². The Bertz CT molecular complexity index is 1080. The number of hydrogen-bond donors (Lipinski definition) is 1. The van der Waals surface area contributed by atoms with Gasteiger partial charge in [0.2, 0.25) is 0 Å². The van der Waals surface area contributed by atoms with Crippen molar-refractivity contribution in [2.24, 2.45) is 0 Å². The molecule has 4 aromatic rings. The molecule has 144 valence electrons. The van der Waals surface area contributed by atoms with Gasteiger partial charge in [-0.3, -0.25) is 0 Å². The van der Waals surface area contributed by atoms with Gasteiger partial charge in [0.25, 0.3) is 0 Å². The molecule has 0 aliphatic rings. The molecule has 5 heteroatoms. The van der Waals surface area contributed by atoms with Crippen molar-refractivity contribution in [3.63, 3.8) is 0 Å². The number of aromatic nitrogens is 2. The average molecular weight is 382 g/mol. The molecule has 0 spiro atoms. The fourth-order valence-corrected chi connectivity index (χ4v) is 3.15. The van der Waals surface area contributed by atoms with Gasteiger partial charge in [-0.1, -0.05) is 66.7 Å². The molecule has 0 saturated heterocycles. The molecular formula is C24H22N4O. The van der Waals surface area contributed by atoms with Crippen LogP contribution >= 0.6 is 0 Å². The Morgan fingerprint density at radius 2 is 1.48 bits per heavy atom. The van der Waals surface area contributed by atoms with Crippen LogP contribution in [-0.2, 0) is 6.54 Å². The highest BCUT2D eigenvalue weighted by Gasteiger charge is 2.16. The Hall–Kier alpha value is -3.86. The lowest BCUT2D eigenvalue weighted by atomic mass is 10.1. The first kappa shape index (κ1) is 18.5. The van der Waals surface area contributed by atoms with E-state index in [0.29, 0.717) is 6.54 Å². The second-order valence-corrected chi connectivity index (χ2v) is 6.80. The molecule has 1 heterocycles. The van der Waals surface area contributed by atoms with Gasteiger partial charge in [-0.2, -0.15) is 5.10 Å². The topological polar surface area (TPSA) is 50.2 Å². The maximum atomic E-state index is 12.6. The van der Waals surface area contributed by atoms with Gasteiger partial charge in [0.05, 0.1) is 17.9 Å². The number of carbonyl (C=O) groups excluding carboxylic acids is 1. The monoisotopic (exact) mass is 382 g/mol.